The molecular weight excluding hydrogens is 243 g/mol. The summed E-state index contributed by atoms with van der Waals surface area (Å²) in [5, 5.41) is 6.43. The van der Waals surface area contributed by atoms with Crippen LogP contribution in [0.2, 0.25) is 0 Å². The molecule has 2 N–H and O–H groups in total. The number of carbonyl (C=O) groups is 1. The number of benzene rings is 1. The minimum atomic E-state index is -0.398. The zero-order valence-corrected chi connectivity index (χ0v) is 10.9. The first-order valence-corrected chi connectivity index (χ1v) is 6.98. The van der Waals surface area contributed by atoms with E-state index in [2.05, 4.69) is 10.6 Å². The van der Waals surface area contributed by atoms with Crippen molar-refractivity contribution in [1.29, 1.82) is 0 Å². The molecule has 0 spiro atoms. The van der Waals surface area contributed by atoms with Gasteiger partial charge in [-0.25, -0.2) is 4.39 Å². The highest BCUT2D eigenvalue weighted by Gasteiger charge is 2.51. The van der Waals surface area contributed by atoms with Gasteiger partial charge in [-0.15, -0.1) is 0 Å². The molecule has 19 heavy (non-hydrogen) atoms. The highest BCUT2D eigenvalue weighted by molar-refractivity contribution is 5.91. The maximum Gasteiger partial charge on any atom is 0.230 e. The zero-order valence-electron chi connectivity index (χ0n) is 10.9. The molecule has 0 radical (unpaired) electrons. The highest BCUT2D eigenvalue weighted by Crippen LogP contribution is 2.48. The average Bonchev–Trinajstić information content (AvgIpc) is 3.22. The van der Waals surface area contributed by atoms with E-state index in [4.69, 9.17) is 0 Å². The van der Waals surface area contributed by atoms with Crippen LogP contribution in [-0.2, 0) is 10.2 Å². The molecule has 3 rings (SSSR count). The Morgan fingerprint density at radius 3 is 2.63 bits per heavy atom. The summed E-state index contributed by atoms with van der Waals surface area (Å²) in [5.41, 5.74) is 0.542. The average molecular weight is 262 g/mol. The van der Waals surface area contributed by atoms with E-state index in [1.54, 1.807) is 12.1 Å². The summed E-state index contributed by atoms with van der Waals surface area (Å²) in [6, 6.07) is 6.58. The van der Waals surface area contributed by atoms with Crippen molar-refractivity contribution in [2.24, 2.45) is 0 Å². The Morgan fingerprint density at radius 1 is 1.32 bits per heavy atom. The van der Waals surface area contributed by atoms with Gasteiger partial charge in [0.2, 0.25) is 5.91 Å². The summed E-state index contributed by atoms with van der Waals surface area (Å²) in [6.45, 7) is 1.89. The van der Waals surface area contributed by atoms with Crippen LogP contribution in [0.1, 0.15) is 31.2 Å². The van der Waals surface area contributed by atoms with Gasteiger partial charge in [0, 0.05) is 12.6 Å². The molecule has 1 amide bonds. The zero-order chi connectivity index (χ0) is 13.3. The van der Waals surface area contributed by atoms with Gasteiger partial charge in [-0.2, -0.15) is 0 Å². The molecule has 1 aliphatic heterocycles. The Kier molecular flexibility index (Phi) is 3.27. The van der Waals surface area contributed by atoms with Gasteiger partial charge in [-0.3, -0.25) is 4.79 Å². The third-order valence-corrected chi connectivity index (χ3v) is 4.21. The highest BCUT2D eigenvalue weighted by atomic mass is 19.1. The number of hydrogen-bond acceptors (Lipinski definition) is 2. The second-order valence-electron chi connectivity index (χ2n) is 5.61. The summed E-state index contributed by atoms with van der Waals surface area (Å²) in [7, 11) is 0. The molecule has 0 bridgehead atoms. The standard InChI is InChI=1S/C15H19FN2O/c16-12-5-3-11(4-6-12)15(7-8-15)14(19)18-13-2-1-9-17-10-13/h3-6,13,17H,1-2,7-10H2,(H,18,19)/t13-/m0/s1. The molecule has 1 saturated carbocycles. The van der Waals surface area contributed by atoms with Crippen molar-refractivity contribution in [3.63, 3.8) is 0 Å². The van der Waals surface area contributed by atoms with Gasteiger partial charge in [0.25, 0.3) is 0 Å². The summed E-state index contributed by atoms with van der Waals surface area (Å²) >= 11 is 0. The molecular formula is C15H19FN2O. The van der Waals surface area contributed by atoms with Crippen LogP contribution in [0.4, 0.5) is 4.39 Å². The van der Waals surface area contributed by atoms with Crippen molar-refractivity contribution in [2.45, 2.75) is 37.1 Å². The van der Waals surface area contributed by atoms with E-state index in [9.17, 15) is 9.18 Å². The maximum absolute atomic E-state index is 13.0. The number of hydrogen-bond donors (Lipinski definition) is 2. The van der Waals surface area contributed by atoms with Gasteiger partial charge in [0.1, 0.15) is 5.82 Å². The fraction of sp³-hybridized carbons (Fsp3) is 0.533. The van der Waals surface area contributed by atoms with Crippen molar-refractivity contribution < 1.29 is 9.18 Å². The number of piperidine rings is 1. The molecule has 1 aromatic rings. The lowest BCUT2D eigenvalue weighted by Gasteiger charge is -2.26. The van der Waals surface area contributed by atoms with Crippen LogP contribution < -0.4 is 10.6 Å². The van der Waals surface area contributed by atoms with Crippen LogP contribution in [0.15, 0.2) is 24.3 Å². The molecule has 1 saturated heterocycles. The second-order valence-corrected chi connectivity index (χ2v) is 5.61. The van der Waals surface area contributed by atoms with Crippen LogP contribution in [0, 0.1) is 5.82 Å². The third-order valence-electron chi connectivity index (χ3n) is 4.21. The monoisotopic (exact) mass is 262 g/mol. The lowest BCUT2D eigenvalue weighted by atomic mass is 9.94. The largest absolute Gasteiger partial charge is 0.351 e. The van der Waals surface area contributed by atoms with E-state index < -0.39 is 5.41 Å². The molecule has 2 aliphatic rings. The predicted molar refractivity (Wildman–Crippen MR) is 71.3 cm³/mol. The quantitative estimate of drug-likeness (QED) is 0.871. The number of halogens is 1. The molecule has 1 aliphatic carbocycles. The molecule has 0 aromatic heterocycles. The van der Waals surface area contributed by atoms with E-state index in [-0.39, 0.29) is 17.8 Å². The van der Waals surface area contributed by atoms with Crippen LogP contribution >= 0.6 is 0 Å². The lowest BCUT2D eigenvalue weighted by molar-refractivity contribution is -0.124. The minimum absolute atomic E-state index is 0.104. The first kappa shape index (κ1) is 12.6. The van der Waals surface area contributed by atoms with Crippen LogP contribution in [0.3, 0.4) is 0 Å². The van der Waals surface area contributed by atoms with Crippen LogP contribution in [-0.4, -0.2) is 25.0 Å². The number of nitrogens with one attached hydrogen (secondary N) is 2. The van der Waals surface area contributed by atoms with Gasteiger partial charge in [0.05, 0.1) is 5.41 Å². The van der Waals surface area contributed by atoms with Gasteiger partial charge in [-0.05, 0) is 49.9 Å². The van der Waals surface area contributed by atoms with Crippen molar-refractivity contribution in [1.82, 2.24) is 10.6 Å². The summed E-state index contributed by atoms with van der Waals surface area (Å²) < 4.78 is 13.0. The van der Waals surface area contributed by atoms with Crippen molar-refractivity contribution in [3.8, 4) is 0 Å². The molecule has 102 valence electrons. The fourth-order valence-electron chi connectivity index (χ4n) is 2.84. The summed E-state index contributed by atoms with van der Waals surface area (Å²) in [5.74, 6) is -0.149. The summed E-state index contributed by atoms with van der Waals surface area (Å²) in [6.07, 6.45) is 3.88. The first-order valence-electron chi connectivity index (χ1n) is 6.98. The Labute approximate surface area is 112 Å². The van der Waals surface area contributed by atoms with Gasteiger partial charge in [-0.1, -0.05) is 12.1 Å². The smallest absolute Gasteiger partial charge is 0.230 e. The van der Waals surface area contributed by atoms with Crippen molar-refractivity contribution >= 4 is 5.91 Å². The molecule has 1 atom stereocenters. The van der Waals surface area contributed by atoms with E-state index in [1.807, 2.05) is 0 Å². The molecule has 1 aromatic carbocycles. The molecule has 2 fully saturated rings. The van der Waals surface area contributed by atoms with E-state index in [0.717, 1.165) is 44.3 Å². The SMILES string of the molecule is O=C(N[C@H]1CCCNC1)C1(c2ccc(F)cc2)CC1. The maximum atomic E-state index is 13.0. The van der Waals surface area contributed by atoms with E-state index >= 15 is 0 Å². The Hall–Kier alpha value is -1.42. The molecule has 3 nitrogen and oxygen atoms in total. The minimum Gasteiger partial charge on any atom is -0.351 e. The van der Waals surface area contributed by atoms with Crippen molar-refractivity contribution in [3.05, 3.63) is 35.6 Å². The first-order chi connectivity index (χ1) is 9.21. The Bertz CT molecular complexity index is 462. The third kappa shape index (κ3) is 2.50. The number of rotatable bonds is 3. The van der Waals surface area contributed by atoms with Gasteiger partial charge >= 0.3 is 0 Å². The molecule has 1 heterocycles. The number of carbonyl (C=O) groups excluding carboxylic acids is 1. The predicted octanol–water partition coefficient (Wildman–Crippen LogP) is 1.73. The van der Waals surface area contributed by atoms with Gasteiger partial charge in [0.15, 0.2) is 0 Å². The van der Waals surface area contributed by atoms with Crippen LogP contribution in [0.25, 0.3) is 0 Å². The number of amides is 1. The lowest BCUT2D eigenvalue weighted by Crippen LogP contribution is -2.48. The fourth-order valence-corrected chi connectivity index (χ4v) is 2.84. The van der Waals surface area contributed by atoms with E-state index in [1.165, 1.54) is 12.1 Å². The molecule has 4 heteroatoms. The Balaban J connectivity index is 1.70. The summed E-state index contributed by atoms with van der Waals surface area (Å²) in [4.78, 5) is 12.4. The topological polar surface area (TPSA) is 41.1 Å². The van der Waals surface area contributed by atoms with Crippen LogP contribution in [0.5, 0.6) is 0 Å². The van der Waals surface area contributed by atoms with Gasteiger partial charge < -0.3 is 10.6 Å². The second kappa shape index (κ2) is 4.93. The Morgan fingerprint density at radius 2 is 2.05 bits per heavy atom. The molecule has 0 unspecified atom stereocenters. The van der Waals surface area contributed by atoms with E-state index in [0.29, 0.717) is 0 Å². The normalized spacial score (nSPS) is 24.8. The van der Waals surface area contributed by atoms with Crippen molar-refractivity contribution in [2.75, 3.05) is 13.1 Å².